The van der Waals surface area contributed by atoms with Crippen LogP contribution >= 0.6 is 11.3 Å². The second-order valence-electron chi connectivity index (χ2n) is 4.74. The summed E-state index contributed by atoms with van der Waals surface area (Å²) in [6.45, 7) is 6.15. The minimum Gasteiger partial charge on any atom is -0.495 e. The molecule has 1 N–H and O–H groups in total. The lowest BCUT2D eigenvalue weighted by Gasteiger charge is -2.30. The number of piperazine rings is 1. The standard InChI is InChI=1S/C13H18N4O2S/c1-9(17-6-4-14-5-7-17)12-15-13(19-16-12)11-10(18-2)3-8-20-11/h3,8-9,14H,4-7H2,1-2H3. The molecule has 0 aliphatic carbocycles. The van der Waals surface area contributed by atoms with Gasteiger partial charge in [-0.05, 0) is 18.4 Å². The van der Waals surface area contributed by atoms with Crippen molar-refractivity contribution in [2.75, 3.05) is 33.3 Å². The summed E-state index contributed by atoms with van der Waals surface area (Å²) in [5.41, 5.74) is 0. The number of aromatic nitrogens is 2. The molecular weight excluding hydrogens is 276 g/mol. The molecule has 3 rings (SSSR count). The monoisotopic (exact) mass is 294 g/mol. The van der Waals surface area contributed by atoms with E-state index in [1.807, 2.05) is 11.4 Å². The van der Waals surface area contributed by atoms with Gasteiger partial charge in [-0.25, -0.2) is 0 Å². The van der Waals surface area contributed by atoms with Crippen LogP contribution in [0.1, 0.15) is 18.8 Å². The first-order valence-electron chi connectivity index (χ1n) is 6.70. The number of nitrogens with zero attached hydrogens (tertiary/aromatic N) is 3. The van der Waals surface area contributed by atoms with Crippen molar-refractivity contribution in [1.29, 1.82) is 0 Å². The fourth-order valence-corrected chi connectivity index (χ4v) is 3.12. The van der Waals surface area contributed by atoms with E-state index in [-0.39, 0.29) is 6.04 Å². The number of hydrogen-bond acceptors (Lipinski definition) is 7. The quantitative estimate of drug-likeness (QED) is 0.927. The van der Waals surface area contributed by atoms with Crippen LogP contribution in [0.2, 0.25) is 0 Å². The largest absolute Gasteiger partial charge is 0.495 e. The highest BCUT2D eigenvalue weighted by Crippen LogP contribution is 2.34. The molecular formula is C13H18N4O2S. The molecule has 0 saturated carbocycles. The van der Waals surface area contributed by atoms with Crippen molar-refractivity contribution in [2.24, 2.45) is 0 Å². The van der Waals surface area contributed by atoms with E-state index in [1.165, 1.54) is 0 Å². The predicted molar refractivity (Wildman–Crippen MR) is 77.0 cm³/mol. The molecule has 1 fully saturated rings. The van der Waals surface area contributed by atoms with Crippen molar-refractivity contribution in [1.82, 2.24) is 20.4 Å². The summed E-state index contributed by atoms with van der Waals surface area (Å²) in [7, 11) is 1.65. The average molecular weight is 294 g/mol. The third kappa shape index (κ3) is 2.56. The highest BCUT2D eigenvalue weighted by atomic mass is 32.1. The molecule has 1 saturated heterocycles. The molecule has 0 radical (unpaired) electrons. The van der Waals surface area contributed by atoms with E-state index < -0.39 is 0 Å². The lowest BCUT2D eigenvalue weighted by Crippen LogP contribution is -2.44. The van der Waals surface area contributed by atoms with Gasteiger partial charge in [-0.3, -0.25) is 4.90 Å². The second kappa shape index (κ2) is 5.90. The van der Waals surface area contributed by atoms with Crippen molar-refractivity contribution >= 4 is 11.3 Å². The van der Waals surface area contributed by atoms with Crippen LogP contribution in [0, 0.1) is 0 Å². The number of hydrogen-bond donors (Lipinski definition) is 1. The molecule has 2 aromatic heterocycles. The zero-order valence-corrected chi connectivity index (χ0v) is 12.4. The third-order valence-electron chi connectivity index (χ3n) is 3.56. The van der Waals surface area contributed by atoms with Crippen LogP contribution in [0.25, 0.3) is 10.8 Å². The van der Waals surface area contributed by atoms with Crippen LogP contribution in [-0.2, 0) is 0 Å². The number of ether oxygens (including phenoxy) is 1. The second-order valence-corrected chi connectivity index (χ2v) is 5.65. The summed E-state index contributed by atoms with van der Waals surface area (Å²) >= 11 is 1.54. The van der Waals surface area contributed by atoms with Crippen molar-refractivity contribution in [3.05, 3.63) is 17.3 Å². The Balaban J connectivity index is 1.79. The highest BCUT2D eigenvalue weighted by molar-refractivity contribution is 7.13. The van der Waals surface area contributed by atoms with Gasteiger partial charge in [-0.2, -0.15) is 4.98 Å². The average Bonchev–Trinajstić information content (AvgIpc) is 3.15. The summed E-state index contributed by atoms with van der Waals surface area (Å²) in [5, 5.41) is 9.42. The Morgan fingerprint density at radius 1 is 1.45 bits per heavy atom. The van der Waals surface area contributed by atoms with Crippen LogP contribution in [0.15, 0.2) is 16.0 Å². The fraction of sp³-hybridized carbons (Fsp3) is 0.538. The van der Waals surface area contributed by atoms with Gasteiger partial charge in [0.15, 0.2) is 5.82 Å². The fourth-order valence-electron chi connectivity index (χ4n) is 2.34. The Hall–Kier alpha value is -1.44. The van der Waals surface area contributed by atoms with Crippen LogP contribution in [0.5, 0.6) is 5.75 Å². The summed E-state index contributed by atoms with van der Waals surface area (Å²) < 4.78 is 10.7. The SMILES string of the molecule is COc1ccsc1-c1nc(C(C)N2CCNCC2)no1. The predicted octanol–water partition coefficient (Wildman–Crippen LogP) is 1.77. The molecule has 0 amide bonds. The molecule has 20 heavy (non-hydrogen) atoms. The van der Waals surface area contributed by atoms with Crippen LogP contribution in [-0.4, -0.2) is 48.3 Å². The van der Waals surface area contributed by atoms with Gasteiger partial charge in [0.25, 0.3) is 5.89 Å². The van der Waals surface area contributed by atoms with E-state index in [9.17, 15) is 0 Å². The van der Waals surface area contributed by atoms with Gasteiger partial charge >= 0.3 is 0 Å². The van der Waals surface area contributed by atoms with Crippen LogP contribution in [0.4, 0.5) is 0 Å². The van der Waals surface area contributed by atoms with Gasteiger partial charge < -0.3 is 14.6 Å². The molecule has 0 spiro atoms. The van der Waals surface area contributed by atoms with Gasteiger partial charge in [0.2, 0.25) is 0 Å². The molecule has 1 atom stereocenters. The van der Waals surface area contributed by atoms with E-state index in [2.05, 4.69) is 27.3 Å². The molecule has 1 aliphatic rings. The minimum absolute atomic E-state index is 0.167. The van der Waals surface area contributed by atoms with Gasteiger partial charge in [-0.1, -0.05) is 5.16 Å². The zero-order chi connectivity index (χ0) is 13.9. The Labute approximate surface area is 121 Å². The lowest BCUT2D eigenvalue weighted by atomic mass is 10.2. The Kier molecular flexibility index (Phi) is 4.00. The Morgan fingerprint density at radius 2 is 2.25 bits per heavy atom. The summed E-state index contributed by atoms with van der Waals surface area (Å²) in [5.74, 6) is 2.05. The molecule has 1 aliphatic heterocycles. The number of nitrogens with one attached hydrogen (secondary N) is 1. The van der Waals surface area contributed by atoms with Gasteiger partial charge in [0.05, 0.1) is 13.2 Å². The van der Waals surface area contributed by atoms with Crippen molar-refractivity contribution in [2.45, 2.75) is 13.0 Å². The van der Waals surface area contributed by atoms with Gasteiger partial charge in [0.1, 0.15) is 10.6 Å². The van der Waals surface area contributed by atoms with E-state index in [4.69, 9.17) is 9.26 Å². The Bertz CT molecular complexity index is 562. The maximum Gasteiger partial charge on any atom is 0.271 e. The maximum atomic E-state index is 5.39. The first-order valence-corrected chi connectivity index (χ1v) is 7.58. The van der Waals surface area contributed by atoms with Crippen LogP contribution in [0.3, 0.4) is 0 Å². The maximum absolute atomic E-state index is 5.39. The molecule has 6 nitrogen and oxygen atoms in total. The summed E-state index contributed by atoms with van der Waals surface area (Å²) in [6.07, 6.45) is 0. The first-order chi connectivity index (χ1) is 9.79. The van der Waals surface area contributed by atoms with E-state index in [0.717, 1.165) is 42.6 Å². The van der Waals surface area contributed by atoms with E-state index in [0.29, 0.717) is 5.89 Å². The van der Waals surface area contributed by atoms with Crippen molar-refractivity contribution in [3.63, 3.8) is 0 Å². The zero-order valence-electron chi connectivity index (χ0n) is 11.6. The van der Waals surface area contributed by atoms with Crippen LogP contribution < -0.4 is 10.1 Å². The molecule has 3 heterocycles. The smallest absolute Gasteiger partial charge is 0.271 e. The molecule has 1 unspecified atom stereocenters. The molecule has 0 aromatic carbocycles. The molecule has 2 aromatic rings. The van der Waals surface area contributed by atoms with Crippen molar-refractivity contribution in [3.8, 4) is 16.5 Å². The van der Waals surface area contributed by atoms with E-state index >= 15 is 0 Å². The number of thiophene rings is 1. The normalized spacial score (nSPS) is 18.1. The third-order valence-corrected chi connectivity index (χ3v) is 4.44. The topological polar surface area (TPSA) is 63.4 Å². The molecule has 0 bridgehead atoms. The Morgan fingerprint density at radius 3 is 3.00 bits per heavy atom. The van der Waals surface area contributed by atoms with E-state index in [1.54, 1.807) is 18.4 Å². The summed E-state index contributed by atoms with van der Waals surface area (Å²) in [6, 6.07) is 2.07. The molecule has 108 valence electrons. The number of rotatable bonds is 4. The van der Waals surface area contributed by atoms with Crippen molar-refractivity contribution < 1.29 is 9.26 Å². The number of methoxy groups -OCH3 is 1. The highest BCUT2D eigenvalue weighted by Gasteiger charge is 2.23. The molecule has 7 heteroatoms. The first kappa shape index (κ1) is 13.5. The van der Waals surface area contributed by atoms with Gasteiger partial charge in [0, 0.05) is 26.2 Å². The lowest BCUT2D eigenvalue weighted by molar-refractivity contribution is 0.176. The van der Waals surface area contributed by atoms with Gasteiger partial charge in [-0.15, -0.1) is 11.3 Å². The minimum atomic E-state index is 0.167. The summed E-state index contributed by atoms with van der Waals surface area (Å²) in [4.78, 5) is 7.77.